The Hall–Kier alpha value is -1.14. The Labute approximate surface area is 115 Å². The van der Waals surface area contributed by atoms with Gasteiger partial charge < -0.3 is 20.1 Å². The lowest BCUT2D eigenvalue weighted by molar-refractivity contribution is -0.149. The van der Waals surface area contributed by atoms with Crippen LogP contribution >= 0.6 is 0 Å². The molecule has 6 nitrogen and oxygen atoms in total. The van der Waals surface area contributed by atoms with Crippen LogP contribution in [0.4, 0.5) is 0 Å². The summed E-state index contributed by atoms with van der Waals surface area (Å²) in [6.45, 7) is 3.52. The van der Waals surface area contributed by atoms with Gasteiger partial charge in [-0.15, -0.1) is 0 Å². The molecule has 0 aliphatic carbocycles. The first kappa shape index (κ1) is 17.9. The summed E-state index contributed by atoms with van der Waals surface area (Å²) in [5.74, 6) is -0.420. The second-order valence-electron chi connectivity index (χ2n) is 4.21. The average molecular weight is 274 g/mol. The zero-order chi connectivity index (χ0) is 14.5. The minimum Gasteiger partial charge on any atom is -0.465 e. The number of rotatable bonds is 11. The van der Waals surface area contributed by atoms with Crippen molar-refractivity contribution < 1.29 is 19.1 Å². The van der Waals surface area contributed by atoms with Crippen molar-refractivity contribution in [2.45, 2.75) is 32.6 Å². The van der Waals surface area contributed by atoms with Gasteiger partial charge in [0.15, 0.2) is 0 Å². The summed E-state index contributed by atoms with van der Waals surface area (Å²) in [6, 6.07) is 0. The minimum absolute atomic E-state index is 0.00702. The predicted molar refractivity (Wildman–Crippen MR) is 72.6 cm³/mol. The van der Waals surface area contributed by atoms with Gasteiger partial charge in [0.05, 0.1) is 13.2 Å². The summed E-state index contributed by atoms with van der Waals surface area (Å²) in [6.07, 6.45) is 3.08. The van der Waals surface area contributed by atoms with Gasteiger partial charge >= 0.3 is 5.97 Å². The third-order valence-corrected chi connectivity index (χ3v) is 2.64. The van der Waals surface area contributed by atoms with Crippen LogP contribution in [-0.2, 0) is 19.1 Å². The van der Waals surface area contributed by atoms with Crippen LogP contribution in [0.1, 0.15) is 32.6 Å². The van der Waals surface area contributed by atoms with Crippen molar-refractivity contribution in [2.24, 2.45) is 5.73 Å². The lowest BCUT2D eigenvalue weighted by Gasteiger charge is -2.21. The molecule has 0 aromatic carbocycles. The lowest BCUT2D eigenvalue weighted by Crippen LogP contribution is -2.38. The summed E-state index contributed by atoms with van der Waals surface area (Å²) >= 11 is 0. The van der Waals surface area contributed by atoms with E-state index in [0.29, 0.717) is 32.7 Å². The summed E-state index contributed by atoms with van der Waals surface area (Å²) < 4.78 is 9.80. The van der Waals surface area contributed by atoms with Crippen LogP contribution in [0, 0.1) is 0 Å². The van der Waals surface area contributed by atoms with Crippen molar-refractivity contribution in [3.05, 3.63) is 0 Å². The maximum absolute atomic E-state index is 12.0. The molecule has 0 aliphatic heterocycles. The van der Waals surface area contributed by atoms with Crippen LogP contribution in [-0.4, -0.2) is 56.7 Å². The molecule has 19 heavy (non-hydrogen) atoms. The maximum Gasteiger partial charge on any atom is 0.325 e. The molecule has 2 N–H and O–H groups in total. The Balaban J connectivity index is 4.14. The van der Waals surface area contributed by atoms with E-state index in [1.54, 1.807) is 14.0 Å². The average Bonchev–Trinajstić information content (AvgIpc) is 2.39. The molecule has 0 rings (SSSR count). The SMILES string of the molecule is CCOC(=O)CN(CCOC)C(=O)CCCCCN. The van der Waals surface area contributed by atoms with E-state index in [4.69, 9.17) is 15.2 Å². The normalized spacial score (nSPS) is 10.3. The van der Waals surface area contributed by atoms with Crippen molar-refractivity contribution in [3.8, 4) is 0 Å². The largest absolute Gasteiger partial charge is 0.465 e. The number of carbonyl (C=O) groups excluding carboxylic acids is 2. The molecule has 0 saturated carbocycles. The molecule has 0 bridgehead atoms. The van der Waals surface area contributed by atoms with Crippen molar-refractivity contribution in [2.75, 3.05) is 40.0 Å². The van der Waals surface area contributed by atoms with Crippen molar-refractivity contribution in [3.63, 3.8) is 0 Å². The monoisotopic (exact) mass is 274 g/mol. The molecule has 112 valence electrons. The van der Waals surface area contributed by atoms with E-state index in [2.05, 4.69) is 0 Å². The Bertz CT molecular complexity index is 259. The molecule has 0 aliphatic rings. The van der Waals surface area contributed by atoms with Gasteiger partial charge in [-0.25, -0.2) is 0 Å². The maximum atomic E-state index is 12.0. The molecule has 1 amide bonds. The van der Waals surface area contributed by atoms with Gasteiger partial charge in [0.25, 0.3) is 0 Å². The zero-order valence-electron chi connectivity index (χ0n) is 12.0. The van der Waals surface area contributed by atoms with Gasteiger partial charge in [-0.05, 0) is 26.3 Å². The number of ether oxygens (including phenoxy) is 2. The molecular formula is C13H26N2O4. The number of unbranched alkanes of at least 4 members (excludes halogenated alkanes) is 2. The number of hydrogen-bond donors (Lipinski definition) is 1. The van der Waals surface area contributed by atoms with Crippen molar-refractivity contribution in [1.82, 2.24) is 4.90 Å². The quantitative estimate of drug-likeness (QED) is 0.439. The van der Waals surface area contributed by atoms with E-state index in [0.717, 1.165) is 19.3 Å². The van der Waals surface area contributed by atoms with E-state index in [9.17, 15) is 9.59 Å². The molecule has 0 aromatic heterocycles. The van der Waals surface area contributed by atoms with Gasteiger partial charge in [-0.3, -0.25) is 9.59 Å². The van der Waals surface area contributed by atoms with Crippen molar-refractivity contribution in [1.29, 1.82) is 0 Å². The molecule has 0 spiro atoms. The van der Waals surface area contributed by atoms with E-state index >= 15 is 0 Å². The van der Waals surface area contributed by atoms with E-state index < -0.39 is 0 Å². The standard InChI is InChI=1S/C13H26N2O4/c1-3-19-13(17)11-15(9-10-18-2)12(16)7-5-4-6-8-14/h3-11,14H2,1-2H3. The first-order valence-corrected chi connectivity index (χ1v) is 6.78. The highest BCUT2D eigenvalue weighted by Gasteiger charge is 2.17. The second-order valence-corrected chi connectivity index (χ2v) is 4.21. The molecule has 0 radical (unpaired) electrons. The molecule has 0 saturated heterocycles. The number of esters is 1. The number of amides is 1. The number of hydrogen-bond acceptors (Lipinski definition) is 5. The predicted octanol–water partition coefficient (Wildman–Crippen LogP) is 0.544. The lowest BCUT2D eigenvalue weighted by atomic mass is 10.2. The summed E-state index contributed by atoms with van der Waals surface area (Å²) in [4.78, 5) is 24.9. The van der Waals surface area contributed by atoms with Crippen LogP contribution in [0.5, 0.6) is 0 Å². The molecule has 6 heteroatoms. The molecular weight excluding hydrogens is 248 g/mol. The molecule has 0 aromatic rings. The fraction of sp³-hybridized carbons (Fsp3) is 0.846. The highest BCUT2D eigenvalue weighted by atomic mass is 16.5. The third kappa shape index (κ3) is 9.44. The third-order valence-electron chi connectivity index (χ3n) is 2.64. The van der Waals surface area contributed by atoms with Gasteiger partial charge in [-0.2, -0.15) is 0 Å². The topological polar surface area (TPSA) is 81.9 Å². The van der Waals surface area contributed by atoms with Crippen LogP contribution in [0.25, 0.3) is 0 Å². The van der Waals surface area contributed by atoms with E-state index in [-0.39, 0.29) is 18.4 Å². The van der Waals surface area contributed by atoms with Gasteiger partial charge in [0, 0.05) is 20.1 Å². The zero-order valence-corrected chi connectivity index (χ0v) is 12.0. The molecule has 0 fully saturated rings. The molecule has 0 atom stereocenters. The van der Waals surface area contributed by atoms with Gasteiger partial charge in [-0.1, -0.05) is 6.42 Å². The van der Waals surface area contributed by atoms with Crippen LogP contribution in [0.2, 0.25) is 0 Å². The van der Waals surface area contributed by atoms with Crippen LogP contribution in [0.3, 0.4) is 0 Å². The number of nitrogens with zero attached hydrogens (tertiary/aromatic N) is 1. The highest BCUT2D eigenvalue weighted by molar-refractivity contribution is 5.82. The molecule has 0 heterocycles. The fourth-order valence-electron chi connectivity index (χ4n) is 1.61. The Morgan fingerprint density at radius 3 is 2.53 bits per heavy atom. The Morgan fingerprint density at radius 2 is 1.95 bits per heavy atom. The van der Waals surface area contributed by atoms with Crippen LogP contribution in [0.15, 0.2) is 0 Å². The van der Waals surface area contributed by atoms with Crippen molar-refractivity contribution >= 4 is 11.9 Å². The number of nitrogens with two attached hydrogens (primary N) is 1. The van der Waals surface area contributed by atoms with Crippen LogP contribution < -0.4 is 5.73 Å². The Morgan fingerprint density at radius 1 is 1.21 bits per heavy atom. The second kappa shape index (κ2) is 11.9. The first-order valence-electron chi connectivity index (χ1n) is 6.78. The number of carbonyl (C=O) groups is 2. The summed E-state index contributed by atoms with van der Waals surface area (Å²) in [5, 5.41) is 0. The first-order chi connectivity index (χ1) is 9.15. The summed E-state index contributed by atoms with van der Waals surface area (Å²) in [5.41, 5.74) is 5.40. The van der Waals surface area contributed by atoms with Gasteiger partial charge in [0.2, 0.25) is 5.91 Å². The number of methoxy groups -OCH3 is 1. The molecule has 0 unspecified atom stereocenters. The van der Waals surface area contributed by atoms with Gasteiger partial charge in [0.1, 0.15) is 6.54 Å². The smallest absolute Gasteiger partial charge is 0.325 e. The Kier molecular flexibility index (Phi) is 11.2. The fourth-order valence-corrected chi connectivity index (χ4v) is 1.61. The highest BCUT2D eigenvalue weighted by Crippen LogP contribution is 2.03. The summed E-state index contributed by atoms with van der Waals surface area (Å²) in [7, 11) is 1.56. The van der Waals surface area contributed by atoms with E-state index in [1.165, 1.54) is 4.90 Å². The van der Waals surface area contributed by atoms with E-state index in [1.807, 2.05) is 0 Å². The minimum atomic E-state index is -0.381.